The van der Waals surface area contributed by atoms with E-state index in [2.05, 4.69) is 5.32 Å². The second kappa shape index (κ2) is 19.2. The molecule has 8 atom stereocenters. The summed E-state index contributed by atoms with van der Waals surface area (Å²) < 4.78 is 28.1. The summed E-state index contributed by atoms with van der Waals surface area (Å²) in [7, 11) is 5.92. The molecule has 306 valence electrons. The molecule has 3 amide bonds. The molecule has 8 unspecified atom stereocenters. The van der Waals surface area contributed by atoms with Crippen LogP contribution in [-0.4, -0.2) is 127 Å². The molecular weight excluding hydrogens is 754 g/mol. The lowest BCUT2D eigenvalue weighted by Crippen LogP contribution is -2.63. The zero-order valence-corrected chi connectivity index (χ0v) is 34.5. The first kappa shape index (κ1) is 44.4. The Bertz CT molecular complexity index is 1620. The quantitative estimate of drug-likeness (QED) is 0.301. The summed E-state index contributed by atoms with van der Waals surface area (Å²) in [5, 5.41) is 26.8. The molecule has 3 N–H and O–H groups in total. The van der Waals surface area contributed by atoms with Crippen molar-refractivity contribution in [3.05, 3.63) is 46.5 Å². The number of ether oxygens (including phenoxy) is 5. The molecule has 2 fully saturated rings. The fourth-order valence-electron chi connectivity index (χ4n) is 6.99. The van der Waals surface area contributed by atoms with Gasteiger partial charge in [0.1, 0.15) is 35.1 Å². The molecule has 0 saturated carbocycles. The van der Waals surface area contributed by atoms with Crippen molar-refractivity contribution in [1.82, 2.24) is 10.2 Å². The van der Waals surface area contributed by atoms with Crippen LogP contribution in [0, 0.1) is 5.92 Å². The van der Waals surface area contributed by atoms with Gasteiger partial charge in [-0.3, -0.25) is 14.9 Å². The van der Waals surface area contributed by atoms with Gasteiger partial charge in [-0.2, -0.15) is 11.8 Å². The average molecular weight is 810 g/mol. The Hall–Kier alpha value is -3.34. The highest BCUT2D eigenvalue weighted by Gasteiger charge is 2.48. The van der Waals surface area contributed by atoms with E-state index in [-0.39, 0.29) is 30.2 Å². The number of aliphatic hydroxyl groups is 2. The minimum Gasteiger partial charge on any atom is -0.495 e. The Balaban J connectivity index is 1.68. The van der Waals surface area contributed by atoms with Gasteiger partial charge < -0.3 is 43.7 Å². The maximum absolute atomic E-state index is 14.1. The summed E-state index contributed by atoms with van der Waals surface area (Å²) in [6.45, 7) is 7.95. The number of fused-ring (bicyclic) bond motifs is 4. The highest BCUT2D eigenvalue weighted by atomic mass is 35.5. The SMILES string of the molecule is COc1cc2cc(c1Cl)N(C)C(=O)CC(OC(=O)C(C)N(C)C(=O)CCSC1CCOC1)C(C)(O)CC(C)C1CC(O)(NC(=O)O1)C(OC)/C=C/C=C(\C)C2. The van der Waals surface area contributed by atoms with Crippen molar-refractivity contribution in [2.24, 2.45) is 5.92 Å². The predicted molar refractivity (Wildman–Crippen MR) is 209 cm³/mol. The van der Waals surface area contributed by atoms with Crippen molar-refractivity contribution >= 4 is 52.9 Å². The zero-order valence-electron chi connectivity index (χ0n) is 33.0. The summed E-state index contributed by atoms with van der Waals surface area (Å²) >= 11 is 8.40. The lowest BCUT2D eigenvalue weighted by atomic mass is 9.81. The van der Waals surface area contributed by atoms with Crippen molar-refractivity contribution in [1.29, 1.82) is 0 Å². The lowest BCUT2D eigenvalue weighted by Gasteiger charge is -2.43. The van der Waals surface area contributed by atoms with Gasteiger partial charge in [0.15, 0.2) is 5.72 Å². The first-order valence-electron chi connectivity index (χ1n) is 18.5. The normalized spacial score (nSPS) is 31.4. The van der Waals surface area contributed by atoms with Gasteiger partial charge in [-0.1, -0.05) is 42.3 Å². The topological polar surface area (TPSA) is 173 Å². The van der Waals surface area contributed by atoms with E-state index in [1.54, 1.807) is 43.0 Å². The maximum Gasteiger partial charge on any atom is 0.409 e. The molecular formula is C39H56ClN3O11S. The highest BCUT2D eigenvalue weighted by Crippen LogP contribution is 2.38. The number of methoxy groups -OCH3 is 2. The number of carbonyl (C=O) groups excluding carboxylic acids is 4. The Morgan fingerprint density at radius 2 is 1.95 bits per heavy atom. The van der Waals surface area contributed by atoms with Crippen molar-refractivity contribution in [3.8, 4) is 5.75 Å². The number of halogens is 1. The van der Waals surface area contributed by atoms with Gasteiger partial charge in [0.2, 0.25) is 11.8 Å². The van der Waals surface area contributed by atoms with Crippen LogP contribution in [0.25, 0.3) is 0 Å². The summed E-state index contributed by atoms with van der Waals surface area (Å²) in [6, 6.07) is 2.48. The van der Waals surface area contributed by atoms with E-state index in [0.717, 1.165) is 17.6 Å². The first-order valence-corrected chi connectivity index (χ1v) is 19.9. The number of thioether (sulfide) groups is 1. The number of hydrogen-bond donors (Lipinski definition) is 3. The fourth-order valence-corrected chi connectivity index (χ4v) is 8.39. The number of benzene rings is 1. The van der Waals surface area contributed by atoms with Crippen LogP contribution >= 0.6 is 23.4 Å². The number of carbonyl (C=O) groups is 4. The van der Waals surface area contributed by atoms with Crippen molar-refractivity contribution in [2.75, 3.05) is 52.2 Å². The van der Waals surface area contributed by atoms with Crippen molar-refractivity contribution in [2.45, 2.75) is 107 Å². The highest BCUT2D eigenvalue weighted by molar-refractivity contribution is 7.99. The van der Waals surface area contributed by atoms with E-state index in [9.17, 15) is 29.4 Å². The van der Waals surface area contributed by atoms with Crippen LogP contribution in [0.5, 0.6) is 5.75 Å². The monoisotopic (exact) mass is 809 g/mol. The largest absolute Gasteiger partial charge is 0.495 e. The van der Waals surface area contributed by atoms with Gasteiger partial charge in [0, 0.05) is 51.7 Å². The molecule has 14 nitrogen and oxygen atoms in total. The second-order valence-corrected chi connectivity index (χ2v) is 16.8. The van der Waals surface area contributed by atoms with Gasteiger partial charge in [-0.05, 0) is 63.6 Å². The van der Waals surface area contributed by atoms with E-state index in [4.69, 9.17) is 35.3 Å². The number of esters is 1. The molecule has 1 aromatic carbocycles. The second-order valence-electron chi connectivity index (χ2n) is 15.0. The molecule has 4 bridgehead atoms. The molecule has 3 aliphatic rings. The van der Waals surface area contributed by atoms with Gasteiger partial charge in [0.05, 0.1) is 31.4 Å². The Morgan fingerprint density at radius 1 is 1.22 bits per heavy atom. The molecule has 16 heteroatoms. The van der Waals surface area contributed by atoms with Gasteiger partial charge in [-0.15, -0.1) is 0 Å². The van der Waals surface area contributed by atoms with E-state index < -0.39 is 66.0 Å². The van der Waals surface area contributed by atoms with Gasteiger partial charge in [0.25, 0.3) is 0 Å². The van der Waals surface area contributed by atoms with Gasteiger partial charge in [-0.25, -0.2) is 9.59 Å². The number of allylic oxidation sites excluding steroid dienone is 3. The molecule has 0 spiro atoms. The van der Waals surface area contributed by atoms with Crippen LogP contribution in [0.1, 0.15) is 65.4 Å². The van der Waals surface area contributed by atoms with Crippen molar-refractivity contribution < 1.29 is 53.1 Å². The molecule has 3 aliphatic heterocycles. The van der Waals surface area contributed by atoms with Crippen LogP contribution in [0.3, 0.4) is 0 Å². The Kier molecular flexibility index (Phi) is 15.5. The molecule has 2 saturated heterocycles. The zero-order chi connectivity index (χ0) is 40.7. The van der Waals surface area contributed by atoms with E-state index in [1.807, 2.05) is 13.0 Å². The lowest BCUT2D eigenvalue weighted by molar-refractivity contribution is -0.176. The maximum atomic E-state index is 14.1. The molecule has 0 aliphatic carbocycles. The number of amides is 3. The minimum absolute atomic E-state index is 0.103. The summed E-state index contributed by atoms with van der Waals surface area (Å²) in [5.74, 6) is -1.32. The summed E-state index contributed by atoms with van der Waals surface area (Å²) in [4.78, 5) is 56.4. The smallest absolute Gasteiger partial charge is 0.409 e. The minimum atomic E-state index is -1.88. The van der Waals surface area contributed by atoms with Crippen LogP contribution in [-0.2, 0) is 39.8 Å². The number of nitrogens with one attached hydrogen (secondary N) is 1. The van der Waals surface area contributed by atoms with Crippen LogP contribution in [0.15, 0.2) is 35.9 Å². The fraction of sp³-hybridized carbons (Fsp3) is 0.641. The van der Waals surface area contributed by atoms with Crippen LogP contribution < -0.4 is 15.0 Å². The molecule has 3 heterocycles. The first-order chi connectivity index (χ1) is 25.9. The van der Waals surface area contributed by atoms with E-state index in [0.29, 0.717) is 42.1 Å². The Labute approximate surface area is 332 Å². The third-order valence-electron chi connectivity index (χ3n) is 10.6. The average Bonchev–Trinajstić information content (AvgIpc) is 3.65. The van der Waals surface area contributed by atoms with E-state index >= 15 is 0 Å². The van der Waals surface area contributed by atoms with Gasteiger partial charge >= 0.3 is 12.1 Å². The molecule has 0 radical (unpaired) electrons. The van der Waals surface area contributed by atoms with Crippen LogP contribution in [0.2, 0.25) is 5.02 Å². The number of nitrogens with zero attached hydrogens (tertiary/aromatic N) is 2. The summed E-state index contributed by atoms with van der Waals surface area (Å²) in [5.41, 5.74) is -1.72. The number of hydrogen-bond acceptors (Lipinski definition) is 12. The summed E-state index contributed by atoms with van der Waals surface area (Å²) in [6.07, 6.45) is 1.88. The molecule has 4 rings (SSSR count). The third-order valence-corrected chi connectivity index (χ3v) is 12.2. The number of likely N-dealkylation sites (N-methyl/N-ethyl adjacent to an activating group) is 1. The Morgan fingerprint density at radius 3 is 2.60 bits per heavy atom. The number of rotatable bonds is 9. The predicted octanol–water partition coefficient (Wildman–Crippen LogP) is 4.41. The van der Waals surface area contributed by atoms with Crippen LogP contribution in [0.4, 0.5) is 10.5 Å². The number of alkyl carbamates (subject to hydrolysis) is 1. The third kappa shape index (κ3) is 11.4. The molecule has 55 heavy (non-hydrogen) atoms. The molecule has 1 aromatic rings. The van der Waals surface area contributed by atoms with E-state index in [1.165, 1.54) is 52.0 Å². The van der Waals surface area contributed by atoms with Crippen molar-refractivity contribution in [3.63, 3.8) is 0 Å². The standard InChI is InChI=1S/C39H56ClN3O11S/c1-23-10-9-11-31(51-8)39(49)21-30(53-37(47)41-39)24(2)20-38(4,48)32(19-34(45)43(6)28-17-26(16-23)18-29(50-7)35(28)40)54-36(46)25(3)42(5)33(44)13-15-55-27-12-14-52-22-27/h9-11,17-18,24-25,27,30-32,48-49H,12-16,19-22H2,1-8H3,(H,41,47)/b11-9+,23-10+. The molecule has 0 aromatic heterocycles. The number of anilines is 1.